The Labute approximate surface area is 92.0 Å². The maximum atomic E-state index is 10.1. The quantitative estimate of drug-likeness (QED) is 0.577. The van der Waals surface area contributed by atoms with Crippen LogP contribution in [0.5, 0.6) is 0 Å². The molecular formula is C11H23N3O. The predicted molar refractivity (Wildman–Crippen MR) is 60.9 cm³/mol. The van der Waals surface area contributed by atoms with E-state index in [0.717, 1.165) is 58.7 Å². The lowest BCUT2D eigenvalue weighted by Gasteiger charge is -2.33. The van der Waals surface area contributed by atoms with Crippen molar-refractivity contribution in [1.29, 1.82) is 0 Å². The Hall–Kier alpha value is -0.160. The Morgan fingerprint density at radius 1 is 1.07 bits per heavy atom. The highest BCUT2D eigenvalue weighted by Crippen LogP contribution is 2.17. The largest absolute Gasteiger partial charge is 0.392 e. The van der Waals surface area contributed by atoms with Crippen LogP contribution in [0.25, 0.3) is 0 Å². The van der Waals surface area contributed by atoms with Crippen molar-refractivity contribution in [3.05, 3.63) is 0 Å². The van der Waals surface area contributed by atoms with Crippen molar-refractivity contribution in [2.75, 3.05) is 45.8 Å². The van der Waals surface area contributed by atoms with Crippen molar-refractivity contribution in [1.82, 2.24) is 15.5 Å². The second kappa shape index (κ2) is 5.80. The zero-order valence-electron chi connectivity index (χ0n) is 9.41. The van der Waals surface area contributed by atoms with E-state index in [0.29, 0.717) is 5.92 Å². The first kappa shape index (κ1) is 11.3. The van der Waals surface area contributed by atoms with E-state index < -0.39 is 0 Å². The summed E-state index contributed by atoms with van der Waals surface area (Å²) in [6, 6.07) is 0. The van der Waals surface area contributed by atoms with Crippen LogP contribution in [0.15, 0.2) is 0 Å². The third-order valence-corrected chi connectivity index (χ3v) is 3.58. The molecule has 3 N–H and O–H groups in total. The molecule has 0 aromatic rings. The standard InChI is InChI=1S/C11H23N3O/c15-11(10-1-3-12-4-2-10)9-14-7-5-13-6-8-14/h10-13,15H,1-9H2. The monoisotopic (exact) mass is 213 g/mol. The van der Waals surface area contributed by atoms with Crippen molar-refractivity contribution < 1.29 is 5.11 Å². The molecule has 2 fully saturated rings. The number of aliphatic hydroxyl groups is 1. The normalized spacial score (nSPS) is 27.8. The average molecular weight is 213 g/mol. The molecule has 15 heavy (non-hydrogen) atoms. The van der Waals surface area contributed by atoms with Gasteiger partial charge in [0.1, 0.15) is 0 Å². The van der Waals surface area contributed by atoms with Crippen molar-refractivity contribution in [2.45, 2.75) is 18.9 Å². The zero-order valence-corrected chi connectivity index (χ0v) is 9.41. The molecule has 2 saturated heterocycles. The number of nitrogens with one attached hydrogen (secondary N) is 2. The minimum Gasteiger partial charge on any atom is -0.392 e. The molecule has 4 nitrogen and oxygen atoms in total. The number of rotatable bonds is 3. The number of aliphatic hydroxyl groups excluding tert-OH is 1. The Balaban J connectivity index is 1.72. The highest BCUT2D eigenvalue weighted by atomic mass is 16.3. The molecule has 0 aromatic heterocycles. The van der Waals surface area contributed by atoms with E-state index in [-0.39, 0.29) is 6.10 Å². The van der Waals surface area contributed by atoms with Crippen LogP contribution < -0.4 is 10.6 Å². The van der Waals surface area contributed by atoms with Gasteiger partial charge in [-0.25, -0.2) is 0 Å². The lowest BCUT2D eigenvalue weighted by molar-refractivity contribution is 0.0468. The summed E-state index contributed by atoms with van der Waals surface area (Å²) in [7, 11) is 0. The summed E-state index contributed by atoms with van der Waals surface area (Å²) in [4.78, 5) is 2.38. The first-order chi connectivity index (χ1) is 7.36. The van der Waals surface area contributed by atoms with Gasteiger partial charge in [-0.15, -0.1) is 0 Å². The van der Waals surface area contributed by atoms with E-state index in [9.17, 15) is 5.11 Å². The zero-order chi connectivity index (χ0) is 10.5. The maximum Gasteiger partial charge on any atom is 0.0696 e. The van der Waals surface area contributed by atoms with Gasteiger partial charge in [0.2, 0.25) is 0 Å². The fraction of sp³-hybridized carbons (Fsp3) is 1.00. The van der Waals surface area contributed by atoms with Gasteiger partial charge < -0.3 is 15.7 Å². The molecule has 0 amide bonds. The molecule has 88 valence electrons. The molecule has 0 bridgehead atoms. The van der Waals surface area contributed by atoms with Gasteiger partial charge >= 0.3 is 0 Å². The van der Waals surface area contributed by atoms with E-state index in [2.05, 4.69) is 15.5 Å². The van der Waals surface area contributed by atoms with E-state index in [1.807, 2.05) is 0 Å². The van der Waals surface area contributed by atoms with Crippen molar-refractivity contribution in [2.24, 2.45) is 5.92 Å². The first-order valence-electron chi connectivity index (χ1n) is 6.18. The molecular weight excluding hydrogens is 190 g/mol. The Morgan fingerprint density at radius 3 is 2.33 bits per heavy atom. The fourth-order valence-corrected chi connectivity index (χ4v) is 2.54. The second-order valence-electron chi connectivity index (χ2n) is 4.71. The van der Waals surface area contributed by atoms with Crippen LogP contribution in [0.4, 0.5) is 0 Å². The highest BCUT2D eigenvalue weighted by molar-refractivity contribution is 4.79. The number of hydrogen-bond acceptors (Lipinski definition) is 4. The SMILES string of the molecule is OC(CN1CCNCC1)C1CCNCC1. The molecule has 1 atom stereocenters. The third kappa shape index (κ3) is 3.41. The molecule has 1 unspecified atom stereocenters. The van der Waals surface area contributed by atoms with Gasteiger partial charge in [-0.3, -0.25) is 4.90 Å². The van der Waals surface area contributed by atoms with Crippen LogP contribution >= 0.6 is 0 Å². The van der Waals surface area contributed by atoms with Gasteiger partial charge in [-0.1, -0.05) is 0 Å². The number of piperidine rings is 1. The molecule has 0 saturated carbocycles. The van der Waals surface area contributed by atoms with E-state index in [4.69, 9.17) is 0 Å². The van der Waals surface area contributed by atoms with Crippen molar-refractivity contribution in [3.63, 3.8) is 0 Å². The minimum atomic E-state index is -0.120. The van der Waals surface area contributed by atoms with E-state index in [1.165, 1.54) is 0 Å². The molecule has 2 rings (SSSR count). The highest BCUT2D eigenvalue weighted by Gasteiger charge is 2.23. The molecule has 2 aliphatic rings. The Kier molecular flexibility index (Phi) is 4.38. The van der Waals surface area contributed by atoms with E-state index in [1.54, 1.807) is 0 Å². The predicted octanol–water partition coefficient (Wildman–Crippen LogP) is -0.748. The topological polar surface area (TPSA) is 47.5 Å². The summed E-state index contributed by atoms with van der Waals surface area (Å²) in [5, 5.41) is 16.8. The molecule has 0 radical (unpaired) electrons. The summed E-state index contributed by atoms with van der Waals surface area (Å²) in [5.41, 5.74) is 0. The Bertz CT molecular complexity index is 177. The molecule has 2 heterocycles. The number of β-amino-alcohol motifs (C(OH)–C–C–N with tert-alkyl or cyclic N) is 1. The summed E-state index contributed by atoms with van der Waals surface area (Å²) in [6.45, 7) is 7.32. The van der Waals surface area contributed by atoms with Gasteiger partial charge in [0.05, 0.1) is 6.10 Å². The summed E-state index contributed by atoms with van der Waals surface area (Å²) < 4.78 is 0. The Morgan fingerprint density at radius 2 is 1.67 bits per heavy atom. The first-order valence-corrected chi connectivity index (χ1v) is 6.18. The van der Waals surface area contributed by atoms with Crippen molar-refractivity contribution in [3.8, 4) is 0 Å². The number of hydrogen-bond donors (Lipinski definition) is 3. The molecule has 0 spiro atoms. The van der Waals surface area contributed by atoms with Crippen LogP contribution in [0.2, 0.25) is 0 Å². The van der Waals surface area contributed by atoms with E-state index >= 15 is 0 Å². The lowest BCUT2D eigenvalue weighted by atomic mass is 9.92. The molecule has 0 aromatic carbocycles. The van der Waals surface area contributed by atoms with Crippen LogP contribution in [0.1, 0.15) is 12.8 Å². The smallest absolute Gasteiger partial charge is 0.0696 e. The number of piperazine rings is 1. The van der Waals surface area contributed by atoms with Crippen LogP contribution in [-0.4, -0.2) is 61.9 Å². The van der Waals surface area contributed by atoms with Crippen molar-refractivity contribution >= 4 is 0 Å². The van der Waals surface area contributed by atoms with Crippen LogP contribution in [0.3, 0.4) is 0 Å². The fourth-order valence-electron chi connectivity index (χ4n) is 2.54. The molecule has 0 aliphatic carbocycles. The lowest BCUT2D eigenvalue weighted by Crippen LogP contribution is -2.48. The average Bonchev–Trinajstić information content (AvgIpc) is 2.31. The minimum absolute atomic E-state index is 0.120. The van der Waals surface area contributed by atoms with Gasteiger partial charge in [0.15, 0.2) is 0 Å². The molecule has 4 heteroatoms. The third-order valence-electron chi connectivity index (χ3n) is 3.58. The summed E-state index contributed by atoms with van der Waals surface area (Å²) in [5.74, 6) is 0.515. The van der Waals surface area contributed by atoms with Crippen LogP contribution in [0, 0.1) is 5.92 Å². The van der Waals surface area contributed by atoms with Gasteiger partial charge in [-0.05, 0) is 31.8 Å². The van der Waals surface area contributed by atoms with Crippen LogP contribution in [-0.2, 0) is 0 Å². The van der Waals surface area contributed by atoms with Gasteiger partial charge in [0, 0.05) is 32.7 Å². The second-order valence-corrected chi connectivity index (χ2v) is 4.71. The number of nitrogens with zero attached hydrogens (tertiary/aromatic N) is 1. The van der Waals surface area contributed by atoms with Gasteiger partial charge in [0.25, 0.3) is 0 Å². The maximum absolute atomic E-state index is 10.1. The summed E-state index contributed by atoms with van der Waals surface area (Å²) >= 11 is 0. The van der Waals surface area contributed by atoms with Gasteiger partial charge in [-0.2, -0.15) is 0 Å². The summed E-state index contributed by atoms with van der Waals surface area (Å²) in [6.07, 6.45) is 2.14. The molecule has 2 aliphatic heterocycles.